The van der Waals surface area contributed by atoms with Gasteiger partial charge in [0.25, 0.3) is 0 Å². The maximum Gasteiger partial charge on any atom is 0.338 e. The third-order valence-corrected chi connectivity index (χ3v) is 5.04. The number of carbonyl (C=O) groups is 2. The van der Waals surface area contributed by atoms with Crippen molar-refractivity contribution in [2.24, 2.45) is 0 Å². The summed E-state index contributed by atoms with van der Waals surface area (Å²) in [6, 6.07) is 7.27. The van der Waals surface area contributed by atoms with Crippen LogP contribution in [0.15, 0.2) is 24.3 Å². The van der Waals surface area contributed by atoms with Crippen molar-refractivity contribution in [3.05, 3.63) is 29.8 Å². The highest BCUT2D eigenvalue weighted by Gasteiger charge is 2.07. The van der Waals surface area contributed by atoms with E-state index < -0.39 is 0 Å². The Balaban J connectivity index is 1.92. The van der Waals surface area contributed by atoms with E-state index in [0.29, 0.717) is 38.4 Å². The van der Waals surface area contributed by atoms with Crippen LogP contribution >= 0.6 is 0 Å². The second-order valence-electron chi connectivity index (χ2n) is 7.96. The predicted octanol–water partition coefficient (Wildman–Crippen LogP) is 5.38. The normalized spacial score (nSPS) is 10.7. The fraction of sp³-hybridized carbons (Fsp3) is 0.692. The summed E-state index contributed by atoms with van der Waals surface area (Å²) in [4.78, 5) is 23.7. The van der Waals surface area contributed by atoms with Crippen LogP contribution in [-0.2, 0) is 23.7 Å². The number of hydrogen-bond donors (Lipinski definition) is 1. The highest BCUT2D eigenvalue weighted by molar-refractivity contribution is 5.89. The minimum absolute atomic E-state index is 0.158. The third kappa shape index (κ3) is 16.2. The lowest BCUT2D eigenvalue weighted by Crippen LogP contribution is -2.15. The maximum atomic E-state index is 12.0. The molecule has 0 radical (unpaired) electrons. The zero-order valence-corrected chi connectivity index (χ0v) is 20.6. The molecule has 1 aromatic rings. The number of carbonyl (C=O) groups excluding carboxylic acids is 2. The maximum absolute atomic E-state index is 12.0. The van der Waals surface area contributed by atoms with Gasteiger partial charge in [0.15, 0.2) is 0 Å². The topological polar surface area (TPSA) is 83.1 Å². The lowest BCUT2D eigenvalue weighted by atomic mass is 10.1. The molecule has 0 fully saturated rings. The summed E-state index contributed by atoms with van der Waals surface area (Å²) < 4.78 is 21.1. The van der Waals surface area contributed by atoms with Gasteiger partial charge in [0, 0.05) is 18.7 Å². The number of benzene rings is 1. The number of hydrogen-bond acceptors (Lipinski definition) is 7. The van der Waals surface area contributed by atoms with Gasteiger partial charge in [-0.3, -0.25) is 4.79 Å². The van der Waals surface area contributed by atoms with Gasteiger partial charge in [-0.1, -0.05) is 52.4 Å². The van der Waals surface area contributed by atoms with Crippen LogP contribution in [0.5, 0.6) is 0 Å². The van der Waals surface area contributed by atoms with Gasteiger partial charge in [-0.05, 0) is 37.1 Å². The molecular weight excluding hydrogens is 422 g/mol. The SMILES string of the molecule is CCCCCCCCC(=O)OCCOCCOCCOC(=O)c1ccc(NCCCC)cc1. The van der Waals surface area contributed by atoms with E-state index in [1.807, 2.05) is 12.1 Å². The summed E-state index contributed by atoms with van der Waals surface area (Å²) in [5.41, 5.74) is 1.52. The van der Waals surface area contributed by atoms with Gasteiger partial charge >= 0.3 is 11.9 Å². The fourth-order valence-electron chi connectivity index (χ4n) is 3.07. The summed E-state index contributed by atoms with van der Waals surface area (Å²) >= 11 is 0. The standard InChI is InChI=1S/C26H43NO6/c1-3-5-7-8-9-10-11-25(28)32-21-19-30-17-18-31-20-22-33-26(29)23-12-14-24(15-13-23)27-16-6-4-2/h12-15,27H,3-11,16-22H2,1-2H3. The summed E-state index contributed by atoms with van der Waals surface area (Å²) in [6.07, 6.45) is 9.64. The summed E-state index contributed by atoms with van der Waals surface area (Å²) in [7, 11) is 0. The molecule has 0 saturated heterocycles. The van der Waals surface area contributed by atoms with E-state index in [1.165, 1.54) is 25.7 Å². The van der Waals surface area contributed by atoms with E-state index in [1.54, 1.807) is 12.1 Å². The first-order valence-corrected chi connectivity index (χ1v) is 12.5. The first kappa shape index (κ1) is 28.9. The molecule has 0 unspecified atom stereocenters. The molecule has 0 spiro atoms. The molecule has 0 aliphatic rings. The highest BCUT2D eigenvalue weighted by atomic mass is 16.6. The van der Waals surface area contributed by atoms with E-state index in [4.69, 9.17) is 18.9 Å². The van der Waals surface area contributed by atoms with Crippen molar-refractivity contribution in [1.82, 2.24) is 0 Å². The van der Waals surface area contributed by atoms with Crippen molar-refractivity contribution in [3.63, 3.8) is 0 Å². The van der Waals surface area contributed by atoms with Crippen LogP contribution in [0.3, 0.4) is 0 Å². The molecule has 7 heteroatoms. The van der Waals surface area contributed by atoms with Gasteiger partial charge in [-0.25, -0.2) is 4.79 Å². The van der Waals surface area contributed by atoms with E-state index in [2.05, 4.69) is 19.2 Å². The van der Waals surface area contributed by atoms with Crippen molar-refractivity contribution in [2.75, 3.05) is 51.5 Å². The predicted molar refractivity (Wildman–Crippen MR) is 131 cm³/mol. The Labute approximate surface area is 199 Å². The Kier molecular flexibility index (Phi) is 17.9. The van der Waals surface area contributed by atoms with Crippen LogP contribution in [0.2, 0.25) is 0 Å². The largest absolute Gasteiger partial charge is 0.463 e. The quantitative estimate of drug-likeness (QED) is 0.193. The minimum atomic E-state index is -0.363. The zero-order valence-electron chi connectivity index (χ0n) is 20.6. The molecule has 0 heterocycles. The number of ether oxygens (including phenoxy) is 4. The number of anilines is 1. The number of unbranched alkanes of at least 4 members (excludes halogenated alkanes) is 6. The van der Waals surface area contributed by atoms with E-state index >= 15 is 0 Å². The summed E-state index contributed by atoms with van der Waals surface area (Å²) in [5.74, 6) is -0.521. The van der Waals surface area contributed by atoms with Gasteiger partial charge in [0.2, 0.25) is 0 Å². The molecule has 33 heavy (non-hydrogen) atoms. The lowest BCUT2D eigenvalue weighted by Gasteiger charge is -2.09. The first-order valence-electron chi connectivity index (χ1n) is 12.5. The molecule has 0 saturated carbocycles. The number of rotatable bonds is 21. The Hall–Kier alpha value is -2.12. The Bertz CT molecular complexity index is 620. The molecule has 0 atom stereocenters. The van der Waals surface area contributed by atoms with E-state index in [-0.39, 0.29) is 25.2 Å². The van der Waals surface area contributed by atoms with Crippen molar-refractivity contribution in [2.45, 2.75) is 71.6 Å². The zero-order chi connectivity index (χ0) is 24.0. The first-order chi connectivity index (χ1) is 16.2. The Morgan fingerprint density at radius 2 is 1.27 bits per heavy atom. The van der Waals surface area contributed by atoms with Crippen LogP contribution in [0.4, 0.5) is 5.69 Å². The minimum Gasteiger partial charge on any atom is -0.463 e. The smallest absolute Gasteiger partial charge is 0.338 e. The molecule has 1 N–H and O–H groups in total. The lowest BCUT2D eigenvalue weighted by molar-refractivity contribution is -0.145. The van der Waals surface area contributed by atoms with Crippen LogP contribution < -0.4 is 5.32 Å². The molecule has 1 aromatic carbocycles. The van der Waals surface area contributed by atoms with E-state index in [0.717, 1.165) is 37.9 Å². The average molecular weight is 466 g/mol. The molecule has 0 aliphatic carbocycles. The van der Waals surface area contributed by atoms with Gasteiger partial charge in [0.1, 0.15) is 13.2 Å². The molecule has 0 aromatic heterocycles. The molecule has 0 amide bonds. The molecule has 7 nitrogen and oxygen atoms in total. The van der Waals surface area contributed by atoms with Gasteiger partial charge in [0.05, 0.1) is 32.0 Å². The molecular formula is C26H43NO6. The van der Waals surface area contributed by atoms with Gasteiger partial charge in [-0.15, -0.1) is 0 Å². The van der Waals surface area contributed by atoms with Crippen LogP contribution in [-0.4, -0.2) is 58.1 Å². The van der Waals surface area contributed by atoms with Gasteiger partial charge < -0.3 is 24.3 Å². The monoisotopic (exact) mass is 465 g/mol. The van der Waals surface area contributed by atoms with Crippen molar-refractivity contribution in [3.8, 4) is 0 Å². The third-order valence-electron chi connectivity index (χ3n) is 5.04. The fourth-order valence-corrected chi connectivity index (χ4v) is 3.07. The van der Waals surface area contributed by atoms with E-state index in [9.17, 15) is 9.59 Å². The second-order valence-corrected chi connectivity index (χ2v) is 7.96. The van der Waals surface area contributed by atoms with Gasteiger partial charge in [-0.2, -0.15) is 0 Å². The van der Waals surface area contributed by atoms with Crippen molar-refractivity contribution in [1.29, 1.82) is 0 Å². The number of esters is 2. The van der Waals surface area contributed by atoms with Crippen LogP contribution in [0, 0.1) is 0 Å². The molecule has 0 aliphatic heterocycles. The Morgan fingerprint density at radius 1 is 0.697 bits per heavy atom. The molecule has 1 rings (SSSR count). The average Bonchev–Trinajstić information content (AvgIpc) is 2.83. The summed E-state index contributed by atoms with van der Waals surface area (Å²) in [5, 5.41) is 3.31. The second kappa shape index (κ2) is 20.5. The highest BCUT2D eigenvalue weighted by Crippen LogP contribution is 2.11. The Morgan fingerprint density at radius 3 is 1.94 bits per heavy atom. The van der Waals surface area contributed by atoms with Crippen molar-refractivity contribution >= 4 is 17.6 Å². The van der Waals surface area contributed by atoms with Crippen molar-refractivity contribution < 1.29 is 28.5 Å². The molecule has 0 bridgehead atoms. The van der Waals surface area contributed by atoms with Crippen LogP contribution in [0.25, 0.3) is 0 Å². The molecule has 188 valence electrons. The van der Waals surface area contributed by atoms with Crippen LogP contribution in [0.1, 0.15) is 82.0 Å². The number of nitrogens with one attached hydrogen (secondary N) is 1. The summed E-state index contributed by atoms with van der Waals surface area (Å²) in [6.45, 7) is 7.16.